The molecule has 0 unspecified atom stereocenters. The summed E-state index contributed by atoms with van der Waals surface area (Å²) in [6.07, 6.45) is 1.65. The molecule has 4 aromatic rings. The number of phenolic OH excluding ortho intramolecular Hbond substituents is 1. The molecule has 6 rings (SSSR count). The van der Waals surface area contributed by atoms with Gasteiger partial charge in [-0.3, -0.25) is 19.2 Å². The largest absolute Gasteiger partial charge is 0.504 e. The second-order valence-electron chi connectivity index (χ2n) is 11.7. The first-order chi connectivity index (χ1) is 22.7. The second kappa shape index (κ2) is 13.8. The van der Waals surface area contributed by atoms with Crippen LogP contribution >= 0.6 is 11.6 Å². The zero-order valence-corrected chi connectivity index (χ0v) is 26.7. The molecule has 47 heavy (non-hydrogen) atoms. The second-order valence-corrected chi connectivity index (χ2v) is 12.1. The smallest absolute Gasteiger partial charge is 0.287 e. The van der Waals surface area contributed by atoms with Gasteiger partial charge >= 0.3 is 0 Å². The Labute approximate surface area is 276 Å². The van der Waals surface area contributed by atoms with Crippen molar-refractivity contribution in [3.63, 3.8) is 0 Å². The molecule has 244 valence electrons. The molecule has 2 aliphatic heterocycles. The maximum absolute atomic E-state index is 14.0. The molecule has 3 aromatic carbocycles. The fourth-order valence-electron chi connectivity index (χ4n) is 6.15. The van der Waals surface area contributed by atoms with Crippen LogP contribution in [0.4, 0.5) is 5.69 Å². The van der Waals surface area contributed by atoms with Gasteiger partial charge in [-0.05, 0) is 41.8 Å². The van der Waals surface area contributed by atoms with Gasteiger partial charge in [0.15, 0.2) is 22.7 Å². The van der Waals surface area contributed by atoms with Crippen LogP contribution in [0.5, 0.6) is 11.5 Å². The lowest BCUT2D eigenvalue weighted by Crippen LogP contribution is -2.55. The Kier molecular flexibility index (Phi) is 9.35. The highest BCUT2D eigenvalue weighted by Crippen LogP contribution is 2.30. The summed E-state index contributed by atoms with van der Waals surface area (Å²) in [5, 5.41) is 13.5. The Morgan fingerprint density at radius 3 is 2.45 bits per heavy atom. The van der Waals surface area contributed by atoms with E-state index in [1.807, 2.05) is 29.2 Å². The molecule has 0 spiro atoms. The predicted molar refractivity (Wildman–Crippen MR) is 177 cm³/mol. The number of rotatable bonds is 9. The molecule has 2 aliphatic rings. The quantitative estimate of drug-likeness (QED) is 0.276. The minimum atomic E-state index is -0.959. The number of phenols is 1. The van der Waals surface area contributed by atoms with Crippen LogP contribution in [-0.4, -0.2) is 78.5 Å². The van der Waals surface area contributed by atoms with Crippen LogP contribution in [0, 0.1) is 0 Å². The maximum atomic E-state index is 14.0. The number of nitrogens with one attached hydrogen (secondary N) is 1. The van der Waals surface area contributed by atoms with Crippen LogP contribution in [0.25, 0.3) is 11.0 Å². The Hall–Kier alpha value is -5.03. The van der Waals surface area contributed by atoms with Crippen LogP contribution in [0.2, 0.25) is 5.02 Å². The first-order valence-electron chi connectivity index (χ1n) is 15.5. The number of methoxy groups -OCH3 is 1. The lowest BCUT2D eigenvalue weighted by molar-refractivity contribution is -0.133. The molecule has 0 saturated carbocycles. The Morgan fingerprint density at radius 1 is 1.00 bits per heavy atom. The fraction of sp³-hybridized carbons (Fsp3) is 0.314. The van der Waals surface area contributed by atoms with Crippen molar-refractivity contribution in [2.24, 2.45) is 0 Å². The zero-order chi connectivity index (χ0) is 33.1. The third-order valence-corrected chi connectivity index (χ3v) is 8.92. The molecular weight excluding hydrogens is 624 g/mol. The van der Waals surface area contributed by atoms with E-state index in [1.165, 1.54) is 19.2 Å². The number of carbonyl (C=O) groups excluding carboxylic acids is 3. The van der Waals surface area contributed by atoms with Crippen molar-refractivity contribution in [3.8, 4) is 11.5 Å². The molecule has 3 heterocycles. The number of anilines is 1. The number of halogens is 1. The lowest BCUT2D eigenvalue weighted by atomic mass is 10.0. The van der Waals surface area contributed by atoms with Gasteiger partial charge < -0.3 is 34.3 Å². The first-order valence-corrected chi connectivity index (χ1v) is 15.9. The van der Waals surface area contributed by atoms with E-state index >= 15 is 0 Å². The summed E-state index contributed by atoms with van der Waals surface area (Å²) in [6, 6.07) is 17.7. The molecule has 3 amide bonds. The summed E-state index contributed by atoms with van der Waals surface area (Å²) in [6.45, 7) is 3.33. The van der Waals surface area contributed by atoms with Crippen molar-refractivity contribution >= 4 is 46.0 Å². The van der Waals surface area contributed by atoms with Crippen LogP contribution < -0.4 is 20.4 Å². The number of para-hydroxylation sites is 1. The highest BCUT2D eigenvalue weighted by Gasteiger charge is 2.31. The first kappa shape index (κ1) is 31.9. The SMILES string of the molecule is COc1cc2oc(C(=O)N[C@@H](Cc3ccc(Cl)cc3)C(=O)N3CCN(c4ccccc4CN4CCCC4=O)CC3)cc(=O)c2cc1O. The van der Waals surface area contributed by atoms with Crippen molar-refractivity contribution in [3.05, 3.63) is 98.9 Å². The molecule has 2 saturated heterocycles. The van der Waals surface area contributed by atoms with Gasteiger partial charge in [0.1, 0.15) is 11.6 Å². The number of carbonyl (C=O) groups is 3. The van der Waals surface area contributed by atoms with Crippen molar-refractivity contribution in [1.29, 1.82) is 0 Å². The molecule has 12 heteroatoms. The zero-order valence-electron chi connectivity index (χ0n) is 25.9. The van der Waals surface area contributed by atoms with Gasteiger partial charge in [0.25, 0.3) is 5.91 Å². The van der Waals surface area contributed by atoms with Crippen LogP contribution in [0.15, 0.2) is 75.9 Å². The Morgan fingerprint density at radius 2 is 1.74 bits per heavy atom. The minimum Gasteiger partial charge on any atom is -0.504 e. The molecule has 1 atom stereocenters. The third-order valence-electron chi connectivity index (χ3n) is 8.67. The molecular formula is C35H35ClN4O7. The molecule has 1 aromatic heterocycles. The van der Waals surface area contributed by atoms with E-state index in [0.29, 0.717) is 44.2 Å². The van der Waals surface area contributed by atoms with Gasteiger partial charge in [0.05, 0.1) is 12.5 Å². The average Bonchev–Trinajstić information content (AvgIpc) is 3.49. The molecule has 0 radical (unpaired) electrons. The van der Waals surface area contributed by atoms with Crippen LogP contribution in [-0.2, 0) is 22.6 Å². The lowest BCUT2D eigenvalue weighted by Gasteiger charge is -2.38. The van der Waals surface area contributed by atoms with Crippen molar-refractivity contribution < 1.29 is 28.6 Å². The van der Waals surface area contributed by atoms with Gasteiger partial charge in [-0.2, -0.15) is 0 Å². The number of hydrogen-bond acceptors (Lipinski definition) is 8. The number of ether oxygens (including phenoxy) is 1. The highest BCUT2D eigenvalue weighted by molar-refractivity contribution is 6.30. The summed E-state index contributed by atoms with van der Waals surface area (Å²) in [5.41, 5.74) is 2.43. The standard InChI is InChI=1S/C35H35ClN4O7/c1-46-31-20-30-25(18-29(31)42)28(41)19-32(47-30)34(44)37-26(17-22-8-10-24(36)11-9-22)35(45)39-15-13-38(14-16-39)27-6-3-2-5-23(27)21-40-12-4-7-33(40)43/h2-3,5-6,8-11,18-20,26,42H,4,7,12-17,21H2,1H3,(H,37,44)/t26-/m0/s1. The fourth-order valence-corrected chi connectivity index (χ4v) is 6.28. The van der Waals surface area contributed by atoms with E-state index in [2.05, 4.69) is 10.2 Å². The summed E-state index contributed by atoms with van der Waals surface area (Å²) in [5.74, 6) is -1.25. The van der Waals surface area contributed by atoms with Crippen LogP contribution in [0.1, 0.15) is 34.5 Å². The van der Waals surface area contributed by atoms with Crippen molar-refractivity contribution in [2.45, 2.75) is 31.8 Å². The Bertz CT molecular complexity index is 1870. The van der Waals surface area contributed by atoms with Crippen molar-refractivity contribution in [1.82, 2.24) is 15.1 Å². The van der Waals surface area contributed by atoms with Gasteiger partial charge in [-0.15, -0.1) is 0 Å². The average molecular weight is 659 g/mol. The summed E-state index contributed by atoms with van der Waals surface area (Å²) < 4.78 is 10.9. The number of nitrogens with zero attached hydrogens (tertiary/aromatic N) is 3. The summed E-state index contributed by atoms with van der Waals surface area (Å²) in [7, 11) is 1.36. The van der Waals surface area contributed by atoms with Crippen LogP contribution in [0.3, 0.4) is 0 Å². The van der Waals surface area contributed by atoms with E-state index < -0.39 is 17.4 Å². The third kappa shape index (κ3) is 7.05. The number of hydrogen-bond donors (Lipinski definition) is 2. The molecule has 2 fully saturated rings. The van der Waals surface area contributed by atoms with E-state index in [4.69, 9.17) is 20.8 Å². The van der Waals surface area contributed by atoms with E-state index in [0.717, 1.165) is 35.8 Å². The van der Waals surface area contributed by atoms with Gasteiger partial charge in [0.2, 0.25) is 11.8 Å². The molecule has 11 nitrogen and oxygen atoms in total. The van der Waals surface area contributed by atoms with Gasteiger partial charge in [-0.1, -0.05) is 41.9 Å². The number of aromatic hydroxyl groups is 1. The number of likely N-dealkylation sites (tertiary alicyclic amines) is 1. The summed E-state index contributed by atoms with van der Waals surface area (Å²) >= 11 is 6.09. The molecule has 0 bridgehead atoms. The van der Waals surface area contributed by atoms with Gasteiger partial charge in [-0.25, -0.2) is 0 Å². The highest BCUT2D eigenvalue weighted by atomic mass is 35.5. The van der Waals surface area contributed by atoms with E-state index in [9.17, 15) is 24.3 Å². The van der Waals surface area contributed by atoms with E-state index in [1.54, 1.807) is 29.2 Å². The predicted octanol–water partition coefficient (Wildman–Crippen LogP) is 3.97. The number of benzene rings is 3. The monoisotopic (exact) mass is 658 g/mol. The Balaban J connectivity index is 1.19. The molecule has 0 aliphatic carbocycles. The van der Waals surface area contributed by atoms with E-state index in [-0.39, 0.29) is 46.5 Å². The summed E-state index contributed by atoms with van der Waals surface area (Å²) in [4.78, 5) is 58.4. The minimum absolute atomic E-state index is 0.0587. The maximum Gasteiger partial charge on any atom is 0.287 e. The molecule has 2 N–H and O–H groups in total. The van der Waals surface area contributed by atoms with Gasteiger partial charge in [0, 0.05) is 75.0 Å². The topological polar surface area (TPSA) is 133 Å². The number of piperazine rings is 1. The number of fused-ring (bicyclic) bond motifs is 1. The normalized spacial score (nSPS) is 15.6. The number of amides is 3. The van der Waals surface area contributed by atoms with Crippen molar-refractivity contribution in [2.75, 3.05) is 44.7 Å².